The van der Waals surface area contributed by atoms with E-state index < -0.39 is 9.84 Å². The van der Waals surface area contributed by atoms with Crippen LogP contribution in [0.1, 0.15) is 25.7 Å². The van der Waals surface area contributed by atoms with Crippen molar-refractivity contribution in [3.63, 3.8) is 0 Å². The lowest BCUT2D eigenvalue weighted by atomic mass is 9.67. The number of hydrogen-bond acceptors (Lipinski definition) is 3. The van der Waals surface area contributed by atoms with E-state index in [0.717, 1.165) is 31.2 Å². The van der Waals surface area contributed by atoms with Crippen LogP contribution in [-0.4, -0.2) is 26.5 Å². The Kier molecular flexibility index (Phi) is 2.84. The Balaban J connectivity index is 1.80. The highest BCUT2D eigenvalue weighted by Gasteiger charge is 2.36. The Hall–Kier alpha value is -0.0900. The topological polar surface area (TPSA) is 60.2 Å². The molecule has 1 saturated carbocycles. The lowest BCUT2D eigenvalue weighted by Crippen LogP contribution is -2.38. The molecular weight excluding hydrogens is 198 g/mol. The molecule has 0 atom stereocenters. The van der Waals surface area contributed by atoms with E-state index in [-0.39, 0.29) is 0 Å². The van der Waals surface area contributed by atoms with Gasteiger partial charge >= 0.3 is 0 Å². The Morgan fingerprint density at radius 3 is 2.14 bits per heavy atom. The van der Waals surface area contributed by atoms with Crippen molar-refractivity contribution < 1.29 is 8.42 Å². The molecule has 0 aromatic carbocycles. The SMILES string of the molecule is NCC1CC(C2CCS(=O)(=O)CC2)C1. The molecule has 1 saturated heterocycles. The fourth-order valence-electron chi connectivity index (χ4n) is 2.74. The Morgan fingerprint density at radius 2 is 1.64 bits per heavy atom. The van der Waals surface area contributed by atoms with Gasteiger partial charge in [0.05, 0.1) is 11.5 Å². The normalized spacial score (nSPS) is 37.8. The molecule has 0 unspecified atom stereocenters. The molecule has 4 heteroatoms. The van der Waals surface area contributed by atoms with Crippen LogP contribution in [0.2, 0.25) is 0 Å². The zero-order valence-corrected chi connectivity index (χ0v) is 9.30. The molecule has 1 aliphatic carbocycles. The Labute approximate surface area is 86.0 Å². The zero-order valence-electron chi connectivity index (χ0n) is 8.48. The molecule has 0 bridgehead atoms. The third-order valence-electron chi connectivity index (χ3n) is 3.87. The molecule has 2 aliphatic rings. The summed E-state index contributed by atoms with van der Waals surface area (Å²) >= 11 is 0. The van der Waals surface area contributed by atoms with Crippen molar-refractivity contribution in [2.45, 2.75) is 25.7 Å². The highest BCUT2D eigenvalue weighted by atomic mass is 32.2. The number of nitrogens with two attached hydrogens (primary N) is 1. The average Bonchev–Trinajstić information content (AvgIpc) is 2.06. The van der Waals surface area contributed by atoms with Gasteiger partial charge in [0.25, 0.3) is 0 Å². The molecule has 0 spiro atoms. The summed E-state index contributed by atoms with van der Waals surface area (Å²) in [5, 5.41) is 0. The minimum absolute atomic E-state index is 0.418. The lowest BCUT2D eigenvalue weighted by Gasteiger charge is -2.41. The minimum Gasteiger partial charge on any atom is -0.330 e. The maximum absolute atomic E-state index is 11.2. The number of sulfone groups is 1. The van der Waals surface area contributed by atoms with E-state index in [4.69, 9.17) is 5.73 Å². The summed E-state index contributed by atoms with van der Waals surface area (Å²) in [4.78, 5) is 0. The molecule has 0 amide bonds. The monoisotopic (exact) mass is 217 g/mol. The first-order chi connectivity index (χ1) is 6.61. The van der Waals surface area contributed by atoms with Gasteiger partial charge in [-0.05, 0) is 50.0 Å². The molecule has 14 heavy (non-hydrogen) atoms. The molecule has 3 nitrogen and oxygen atoms in total. The van der Waals surface area contributed by atoms with Crippen molar-refractivity contribution in [1.29, 1.82) is 0 Å². The molecule has 2 N–H and O–H groups in total. The first kappa shape index (κ1) is 10.4. The van der Waals surface area contributed by atoms with Crippen molar-refractivity contribution in [1.82, 2.24) is 0 Å². The van der Waals surface area contributed by atoms with Gasteiger partial charge < -0.3 is 5.73 Å². The van der Waals surface area contributed by atoms with E-state index >= 15 is 0 Å². The first-order valence-corrected chi connectivity index (χ1v) is 7.33. The second kappa shape index (κ2) is 3.81. The molecule has 1 heterocycles. The van der Waals surface area contributed by atoms with Crippen molar-refractivity contribution in [2.75, 3.05) is 18.1 Å². The smallest absolute Gasteiger partial charge is 0.150 e. The molecule has 0 radical (unpaired) electrons. The summed E-state index contributed by atoms with van der Waals surface area (Å²) in [7, 11) is -2.68. The number of hydrogen-bond donors (Lipinski definition) is 1. The van der Waals surface area contributed by atoms with Crippen molar-refractivity contribution in [2.24, 2.45) is 23.5 Å². The van der Waals surface area contributed by atoms with Gasteiger partial charge in [0.2, 0.25) is 0 Å². The predicted octanol–water partition coefficient (Wildman–Crippen LogP) is 0.796. The summed E-state index contributed by atoms with van der Waals surface area (Å²) in [5.74, 6) is 3.00. The second-order valence-electron chi connectivity index (χ2n) is 4.82. The van der Waals surface area contributed by atoms with Crippen LogP contribution in [-0.2, 0) is 9.84 Å². The first-order valence-electron chi connectivity index (χ1n) is 5.51. The third-order valence-corrected chi connectivity index (χ3v) is 5.59. The summed E-state index contributed by atoms with van der Waals surface area (Å²) in [5.41, 5.74) is 5.57. The van der Waals surface area contributed by atoms with E-state index in [9.17, 15) is 8.42 Å². The van der Waals surface area contributed by atoms with Gasteiger partial charge in [-0.25, -0.2) is 8.42 Å². The fraction of sp³-hybridized carbons (Fsp3) is 1.00. The lowest BCUT2D eigenvalue weighted by molar-refractivity contribution is 0.121. The van der Waals surface area contributed by atoms with E-state index in [0.29, 0.717) is 17.4 Å². The van der Waals surface area contributed by atoms with Crippen molar-refractivity contribution >= 4 is 9.84 Å². The number of rotatable bonds is 2. The molecule has 2 fully saturated rings. The van der Waals surface area contributed by atoms with Crippen LogP contribution in [0, 0.1) is 17.8 Å². The Morgan fingerprint density at radius 1 is 1.07 bits per heavy atom. The molecular formula is C10H19NO2S. The van der Waals surface area contributed by atoms with Crippen LogP contribution in [0.25, 0.3) is 0 Å². The van der Waals surface area contributed by atoms with Crippen molar-refractivity contribution in [3.8, 4) is 0 Å². The Bertz CT molecular complexity index is 279. The van der Waals surface area contributed by atoms with Crippen molar-refractivity contribution in [3.05, 3.63) is 0 Å². The van der Waals surface area contributed by atoms with E-state index in [1.54, 1.807) is 0 Å². The fourth-order valence-corrected chi connectivity index (χ4v) is 4.27. The van der Waals surface area contributed by atoms with Gasteiger partial charge in [0, 0.05) is 0 Å². The molecule has 82 valence electrons. The summed E-state index contributed by atoms with van der Waals surface area (Å²) in [6.07, 6.45) is 4.26. The van der Waals surface area contributed by atoms with Crippen LogP contribution in [0.3, 0.4) is 0 Å². The van der Waals surface area contributed by atoms with E-state index in [2.05, 4.69) is 0 Å². The zero-order chi connectivity index (χ0) is 10.2. The van der Waals surface area contributed by atoms with Crippen LogP contribution in [0.15, 0.2) is 0 Å². The highest BCUT2D eigenvalue weighted by molar-refractivity contribution is 7.91. The van der Waals surface area contributed by atoms with E-state index in [1.165, 1.54) is 12.8 Å². The standard InChI is InChI=1S/C10H19NO2S/c11-7-8-5-10(6-8)9-1-3-14(12,13)4-2-9/h8-10H,1-7,11H2. The van der Waals surface area contributed by atoms with Gasteiger partial charge in [-0.3, -0.25) is 0 Å². The largest absolute Gasteiger partial charge is 0.330 e. The predicted molar refractivity (Wildman–Crippen MR) is 56.6 cm³/mol. The maximum atomic E-state index is 11.2. The van der Waals surface area contributed by atoms with Gasteiger partial charge in [0.1, 0.15) is 9.84 Å². The van der Waals surface area contributed by atoms with Crippen LogP contribution in [0.5, 0.6) is 0 Å². The van der Waals surface area contributed by atoms with E-state index in [1.807, 2.05) is 0 Å². The van der Waals surface area contributed by atoms with Gasteiger partial charge in [-0.1, -0.05) is 0 Å². The molecule has 0 aromatic heterocycles. The quantitative estimate of drug-likeness (QED) is 0.744. The highest BCUT2D eigenvalue weighted by Crippen LogP contribution is 2.42. The third kappa shape index (κ3) is 2.11. The maximum Gasteiger partial charge on any atom is 0.150 e. The molecule has 1 aliphatic heterocycles. The molecule has 0 aromatic rings. The summed E-state index contributed by atoms with van der Waals surface area (Å²) in [6, 6.07) is 0. The van der Waals surface area contributed by atoms with Crippen LogP contribution < -0.4 is 5.73 Å². The van der Waals surface area contributed by atoms with Crippen LogP contribution in [0.4, 0.5) is 0 Å². The van der Waals surface area contributed by atoms with Gasteiger partial charge in [0.15, 0.2) is 0 Å². The van der Waals surface area contributed by atoms with Crippen LogP contribution >= 0.6 is 0 Å². The summed E-state index contributed by atoms with van der Waals surface area (Å²) in [6.45, 7) is 0.807. The molecule has 2 rings (SSSR count). The minimum atomic E-state index is -2.68. The average molecular weight is 217 g/mol. The van der Waals surface area contributed by atoms with Gasteiger partial charge in [-0.15, -0.1) is 0 Å². The summed E-state index contributed by atoms with van der Waals surface area (Å²) < 4.78 is 22.5. The van der Waals surface area contributed by atoms with Gasteiger partial charge in [-0.2, -0.15) is 0 Å². The second-order valence-corrected chi connectivity index (χ2v) is 7.13.